The van der Waals surface area contributed by atoms with Crippen LogP contribution in [0.25, 0.3) is 0 Å². The molecular weight excluding hydrogens is 313 g/mol. The van der Waals surface area contributed by atoms with Gasteiger partial charge in [0.25, 0.3) is 5.91 Å². The second-order valence-corrected chi connectivity index (χ2v) is 5.14. The minimum atomic E-state index is -0.0949. The van der Waals surface area contributed by atoms with Gasteiger partial charge in [-0.25, -0.2) is 0 Å². The Labute approximate surface area is 114 Å². The van der Waals surface area contributed by atoms with Crippen molar-refractivity contribution in [3.8, 4) is 0 Å². The summed E-state index contributed by atoms with van der Waals surface area (Å²) in [5.74, 6) is 0.308. The highest BCUT2D eigenvalue weighted by atomic mass is 79.9. The molecule has 0 bridgehead atoms. The summed E-state index contributed by atoms with van der Waals surface area (Å²) < 4.78 is 0.732. The van der Waals surface area contributed by atoms with E-state index in [2.05, 4.69) is 15.9 Å². The van der Waals surface area contributed by atoms with E-state index < -0.39 is 0 Å². The van der Waals surface area contributed by atoms with Crippen molar-refractivity contribution in [1.82, 2.24) is 4.90 Å². The largest absolute Gasteiger partial charge is 0.338 e. The quantitative estimate of drug-likeness (QED) is 0.774. The molecule has 1 aromatic rings. The van der Waals surface area contributed by atoms with Crippen LogP contribution in [0.4, 0.5) is 0 Å². The molecule has 0 fully saturated rings. The molecule has 0 aliphatic heterocycles. The third kappa shape index (κ3) is 3.12. The molecule has 0 N–H and O–H groups in total. The predicted molar refractivity (Wildman–Crippen MR) is 71.4 cm³/mol. The smallest absolute Gasteiger partial charge is 0.255 e. The molecule has 1 amide bonds. The first-order valence-electron chi connectivity index (χ1n) is 4.75. The van der Waals surface area contributed by atoms with Crippen molar-refractivity contribution < 1.29 is 4.79 Å². The van der Waals surface area contributed by atoms with Crippen molar-refractivity contribution in [2.45, 2.75) is 13.0 Å². The van der Waals surface area contributed by atoms with Gasteiger partial charge in [0.05, 0.1) is 5.56 Å². The summed E-state index contributed by atoms with van der Waals surface area (Å²) in [6.07, 6.45) is 0. The van der Waals surface area contributed by atoms with Gasteiger partial charge in [-0.3, -0.25) is 4.79 Å². The zero-order valence-electron chi connectivity index (χ0n) is 9.01. The van der Waals surface area contributed by atoms with Crippen molar-refractivity contribution in [3.05, 3.63) is 33.3 Å². The Kier molecular flexibility index (Phi) is 5.09. The summed E-state index contributed by atoms with van der Waals surface area (Å²) in [4.78, 5) is 13.7. The van der Waals surface area contributed by atoms with E-state index in [1.54, 1.807) is 30.1 Å². The van der Waals surface area contributed by atoms with Crippen molar-refractivity contribution >= 4 is 45.0 Å². The molecule has 1 atom stereocenters. The maximum Gasteiger partial charge on any atom is 0.255 e. The minimum Gasteiger partial charge on any atom is -0.338 e. The normalized spacial score (nSPS) is 12.3. The average molecular weight is 325 g/mol. The van der Waals surface area contributed by atoms with Crippen LogP contribution in [-0.4, -0.2) is 29.8 Å². The second kappa shape index (κ2) is 5.89. The molecular formula is C11H12BrCl2NO. The first kappa shape index (κ1) is 13.8. The number of amides is 1. The molecule has 88 valence electrons. The number of nitrogens with zero attached hydrogens (tertiary/aromatic N) is 1. The Morgan fingerprint density at radius 2 is 2.19 bits per heavy atom. The molecule has 0 heterocycles. The highest BCUT2D eigenvalue weighted by Gasteiger charge is 2.19. The molecule has 1 rings (SSSR count). The number of hydrogen-bond acceptors (Lipinski definition) is 1. The Hall–Kier alpha value is -0.250. The summed E-state index contributed by atoms with van der Waals surface area (Å²) in [6, 6.07) is 5.12. The van der Waals surface area contributed by atoms with Gasteiger partial charge in [0.1, 0.15) is 0 Å². The fourth-order valence-corrected chi connectivity index (χ4v) is 1.95. The Morgan fingerprint density at radius 3 is 2.75 bits per heavy atom. The Bertz CT molecular complexity index is 398. The van der Waals surface area contributed by atoms with Crippen LogP contribution >= 0.6 is 39.1 Å². The average Bonchev–Trinajstić information content (AvgIpc) is 2.29. The Morgan fingerprint density at radius 1 is 1.56 bits per heavy atom. The monoisotopic (exact) mass is 323 g/mol. The van der Waals surface area contributed by atoms with E-state index in [-0.39, 0.29) is 11.9 Å². The molecule has 0 aliphatic rings. The molecule has 0 aliphatic carbocycles. The maximum absolute atomic E-state index is 12.1. The molecule has 0 saturated carbocycles. The van der Waals surface area contributed by atoms with E-state index in [4.69, 9.17) is 23.2 Å². The standard InChI is InChI=1S/C11H12BrCl2NO/c1-7(6-13)15(2)11(16)9-5-8(14)3-4-10(9)12/h3-5,7H,6H2,1-2H3. The predicted octanol–water partition coefficient (Wildman–Crippen LogP) is 3.80. The highest BCUT2D eigenvalue weighted by molar-refractivity contribution is 9.10. The van der Waals surface area contributed by atoms with Crippen LogP contribution in [0, 0.1) is 0 Å². The molecule has 0 radical (unpaired) electrons. The van der Waals surface area contributed by atoms with E-state index in [0.29, 0.717) is 16.5 Å². The van der Waals surface area contributed by atoms with Crippen LogP contribution in [0.1, 0.15) is 17.3 Å². The van der Waals surface area contributed by atoms with E-state index in [1.165, 1.54) is 0 Å². The van der Waals surface area contributed by atoms with Crippen molar-refractivity contribution in [2.24, 2.45) is 0 Å². The second-order valence-electron chi connectivity index (χ2n) is 3.54. The number of carbonyl (C=O) groups excluding carboxylic acids is 1. The number of hydrogen-bond donors (Lipinski definition) is 0. The molecule has 0 saturated heterocycles. The molecule has 0 aromatic heterocycles. The fraction of sp³-hybridized carbons (Fsp3) is 0.364. The fourth-order valence-electron chi connectivity index (χ4n) is 1.16. The van der Waals surface area contributed by atoms with Gasteiger partial charge in [-0.15, -0.1) is 11.6 Å². The third-order valence-corrected chi connectivity index (χ3v) is 3.74. The summed E-state index contributed by atoms with van der Waals surface area (Å²) in [6.45, 7) is 1.89. The van der Waals surface area contributed by atoms with Gasteiger partial charge in [-0.05, 0) is 41.1 Å². The van der Waals surface area contributed by atoms with Gasteiger partial charge in [-0.1, -0.05) is 11.6 Å². The van der Waals surface area contributed by atoms with E-state index in [1.807, 2.05) is 6.92 Å². The zero-order valence-corrected chi connectivity index (χ0v) is 12.1. The van der Waals surface area contributed by atoms with Crippen LogP contribution < -0.4 is 0 Å². The summed E-state index contributed by atoms with van der Waals surface area (Å²) in [5, 5.41) is 0.540. The zero-order chi connectivity index (χ0) is 12.3. The number of alkyl halides is 1. The highest BCUT2D eigenvalue weighted by Crippen LogP contribution is 2.22. The summed E-state index contributed by atoms with van der Waals surface area (Å²) >= 11 is 14.9. The topological polar surface area (TPSA) is 20.3 Å². The molecule has 2 nitrogen and oxygen atoms in total. The summed E-state index contributed by atoms with van der Waals surface area (Å²) in [5.41, 5.74) is 0.548. The lowest BCUT2D eigenvalue weighted by Gasteiger charge is -2.23. The third-order valence-electron chi connectivity index (χ3n) is 2.36. The van der Waals surface area contributed by atoms with Crippen LogP contribution in [0.15, 0.2) is 22.7 Å². The Balaban J connectivity index is 3.00. The minimum absolute atomic E-state index is 0.0138. The lowest BCUT2D eigenvalue weighted by Crippen LogP contribution is -2.36. The van der Waals surface area contributed by atoms with E-state index in [9.17, 15) is 4.79 Å². The molecule has 1 unspecified atom stereocenters. The van der Waals surface area contributed by atoms with Gasteiger partial charge < -0.3 is 4.90 Å². The molecule has 5 heteroatoms. The van der Waals surface area contributed by atoms with Crippen molar-refractivity contribution in [1.29, 1.82) is 0 Å². The number of rotatable bonds is 3. The van der Waals surface area contributed by atoms with Crippen molar-refractivity contribution in [2.75, 3.05) is 12.9 Å². The lowest BCUT2D eigenvalue weighted by atomic mass is 10.2. The maximum atomic E-state index is 12.1. The summed E-state index contributed by atoms with van der Waals surface area (Å²) in [7, 11) is 1.72. The molecule has 16 heavy (non-hydrogen) atoms. The van der Waals surface area contributed by atoms with E-state index >= 15 is 0 Å². The van der Waals surface area contributed by atoms with Gasteiger partial charge in [0.2, 0.25) is 0 Å². The van der Waals surface area contributed by atoms with Crippen molar-refractivity contribution in [3.63, 3.8) is 0 Å². The van der Waals surface area contributed by atoms with Gasteiger partial charge >= 0.3 is 0 Å². The van der Waals surface area contributed by atoms with Gasteiger partial charge in [0, 0.05) is 28.5 Å². The lowest BCUT2D eigenvalue weighted by molar-refractivity contribution is 0.0756. The van der Waals surface area contributed by atoms with Gasteiger partial charge in [-0.2, -0.15) is 0 Å². The molecule has 1 aromatic carbocycles. The van der Waals surface area contributed by atoms with Gasteiger partial charge in [0.15, 0.2) is 0 Å². The van der Waals surface area contributed by atoms with Crippen LogP contribution in [0.3, 0.4) is 0 Å². The number of benzene rings is 1. The first-order chi connectivity index (χ1) is 7.47. The first-order valence-corrected chi connectivity index (χ1v) is 6.46. The SMILES string of the molecule is CC(CCl)N(C)C(=O)c1cc(Cl)ccc1Br. The number of halogens is 3. The number of carbonyl (C=O) groups is 1. The van der Waals surface area contributed by atoms with Crippen LogP contribution in [0.2, 0.25) is 5.02 Å². The van der Waals surface area contributed by atoms with Crippen LogP contribution in [-0.2, 0) is 0 Å². The van der Waals surface area contributed by atoms with Crippen LogP contribution in [0.5, 0.6) is 0 Å². The molecule has 0 spiro atoms. The van der Waals surface area contributed by atoms with E-state index in [0.717, 1.165) is 4.47 Å².